The Labute approximate surface area is 703 Å². The van der Waals surface area contributed by atoms with Crippen molar-refractivity contribution in [3.8, 4) is 89.4 Å². The molecule has 3 aliphatic rings. The topological polar surface area (TPSA) is 24.9 Å². The van der Waals surface area contributed by atoms with Gasteiger partial charge in [-0.1, -0.05) is 335 Å². The van der Waals surface area contributed by atoms with Crippen molar-refractivity contribution in [1.29, 1.82) is 0 Å². The van der Waals surface area contributed by atoms with E-state index in [0.717, 1.165) is 98.3 Å². The first kappa shape index (κ1) is 75.9. The number of benzene rings is 16. The molecule has 119 heavy (non-hydrogen) atoms. The molecule has 0 spiro atoms. The third kappa shape index (κ3) is 14.3. The highest BCUT2D eigenvalue weighted by molar-refractivity contribution is 5.93. The molecule has 0 aromatic heterocycles. The van der Waals surface area contributed by atoms with Gasteiger partial charge in [-0.3, -0.25) is 0 Å². The third-order valence-corrected chi connectivity index (χ3v) is 26.0. The lowest BCUT2D eigenvalue weighted by Crippen LogP contribution is -2.28. The van der Waals surface area contributed by atoms with Crippen molar-refractivity contribution in [2.75, 3.05) is 9.80 Å². The molecule has 4 nitrogen and oxygen atoms in total. The molecule has 1 atom stereocenters. The summed E-state index contributed by atoms with van der Waals surface area (Å²) in [6.07, 6.45) is 7.00. The van der Waals surface area contributed by atoms with Crippen LogP contribution in [0.15, 0.2) is 376 Å². The van der Waals surface area contributed by atoms with E-state index in [9.17, 15) is 0 Å². The number of nitrogens with zero attached hydrogens (tertiary/aromatic N) is 2. The van der Waals surface area contributed by atoms with Gasteiger partial charge in [0.15, 0.2) is 0 Å². The Morgan fingerprint density at radius 1 is 0.277 bits per heavy atom. The van der Waals surface area contributed by atoms with Gasteiger partial charge in [-0.2, -0.15) is 0 Å². The van der Waals surface area contributed by atoms with Gasteiger partial charge in [0, 0.05) is 45.0 Å². The first-order valence-electron chi connectivity index (χ1n) is 42.8. The van der Waals surface area contributed by atoms with Gasteiger partial charge in [0.05, 0.1) is 18.6 Å². The number of anilines is 6. The van der Waals surface area contributed by atoms with Gasteiger partial charge >= 0.3 is 0 Å². The van der Waals surface area contributed by atoms with E-state index in [1.165, 1.54) is 131 Å². The highest BCUT2D eigenvalue weighted by Crippen LogP contribution is 2.59. The second-order valence-corrected chi connectivity index (χ2v) is 34.0. The average molecular weight is 1540 g/mol. The summed E-state index contributed by atoms with van der Waals surface area (Å²) in [4.78, 5) is 4.87. The van der Waals surface area contributed by atoms with Crippen LogP contribution in [-0.4, -0.2) is 0 Å². The van der Waals surface area contributed by atoms with Crippen LogP contribution < -0.4 is 14.5 Å². The molecular formula is C115H100N2O2. The van der Waals surface area contributed by atoms with Crippen LogP contribution in [0, 0.1) is 0 Å². The normalized spacial score (nSPS) is 13.6. The van der Waals surface area contributed by atoms with E-state index in [1.807, 2.05) is 0 Å². The summed E-state index contributed by atoms with van der Waals surface area (Å²) in [5.74, 6) is 2.08. The Kier molecular flexibility index (Phi) is 20.4. The molecule has 0 aliphatic heterocycles. The third-order valence-electron chi connectivity index (χ3n) is 26.0. The monoisotopic (exact) mass is 1540 g/mol. The number of aryl methyl sites for hydroxylation is 1. The van der Waals surface area contributed by atoms with Crippen molar-refractivity contribution in [1.82, 2.24) is 0 Å². The molecule has 4 heteroatoms. The van der Waals surface area contributed by atoms with E-state index < -0.39 is 5.41 Å². The maximum Gasteiger partial charge on any atom is 0.127 e. The van der Waals surface area contributed by atoms with Gasteiger partial charge in [-0.15, -0.1) is 0 Å². The van der Waals surface area contributed by atoms with Crippen LogP contribution in [0.3, 0.4) is 0 Å². The van der Waals surface area contributed by atoms with Gasteiger partial charge in [0.25, 0.3) is 0 Å². The fraction of sp³-hybridized carbons (Fsp3) is 0.165. The van der Waals surface area contributed by atoms with E-state index in [2.05, 4.69) is 434 Å². The molecule has 3 aliphatic carbocycles. The highest BCUT2D eigenvalue weighted by Gasteiger charge is 2.47. The second-order valence-electron chi connectivity index (χ2n) is 34.0. The SMILES string of the molecule is CCCCCCc1ccc(C2(c3ccc(Oc4ccc(COCc5ccc(C(C)CC)cc5)cc4)cc3)c3cc(-c4ccc(N(c5ccc(-c6ccccc6)cc5)c5ccc6c(c5)C(C)(C)c5ccccc5-6)cc4)ccc3-c3ccc(-c4ccc(N(c5ccc(-c6ccccc6)cc5)c5ccc6c(c5)C(C)(C)c5ccccc5-6)cc4)cc32)cc1. The van der Waals surface area contributed by atoms with E-state index in [0.29, 0.717) is 19.1 Å². The largest absolute Gasteiger partial charge is 0.457 e. The van der Waals surface area contributed by atoms with Crippen LogP contribution in [-0.2, 0) is 40.6 Å². The van der Waals surface area contributed by atoms with Crippen LogP contribution in [0.1, 0.15) is 153 Å². The Morgan fingerprint density at radius 2 is 0.613 bits per heavy atom. The maximum absolute atomic E-state index is 6.82. The van der Waals surface area contributed by atoms with Crippen molar-refractivity contribution in [2.45, 2.75) is 122 Å². The van der Waals surface area contributed by atoms with Crippen LogP contribution in [0.2, 0.25) is 0 Å². The van der Waals surface area contributed by atoms with Crippen molar-refractivity contribution in [3.63, 3.8) is 0 Å². The quantitative estimate of drug-likeness (QED) is 0.0533. The number of rotatable bonds is 25. The summed E-state index contributed by atoms with van der Waals surface area (Å²) < 4.78 is 13.1. The van der Waals surface area contributed by atoms with Gasteiger partial charge in [0.1, 0.15) is 11.5 Å². The maximum atomic E-state index is 6.82. The summed E-state index contributed by atoms with van der Waals surface area (Å²) >= 11 is 0. The predicted molar refractivity (Wildman–Crippen MR) is 498 cm³/mol. The molecule has 0 bridgehead atoms. The molecular weight excluding hydrogens is 1440 g/mol. The minimum atomic E-state index is -0.777. The zero-order valence-electron chi connectivity index (χ0n) is 69.2. The summed E-state index contributed by atoms with van der Waals surface area (Å²) in [5, 5.41) is 0. The van der Waals surface area contributed by atoms with Crippen LogP contribution in [0.4, 0.5) is 34.1 Å². The predicted octanol–water partition coefficient (Wildman–Crippen LogP) is 31.4. The van der Waals surface area contributed by atoms with Crippen LogP contribution in [0.25, 0.3) is 77.9 Å². The Balaban J connectivity index is 0.712. The molecule has 0 N–H and O–H groups in total. The second kappa shape index (κ2) is 32.1. The lowest BCUT2D eigenvalue weighted by Gasteiger charge is -2.34. The number of fused-ring (bicyclic) bond motifs is 9. The average Bonchev–Trinajstić information content (AvgIpc) is 1.54. The molecule has 0 heterocycles. The van der Waals surface area contributed by atoms with E-state index >= 15 is 0 Å². The Hall–Kier alpha value is -13.1. The summed E-state index contributed by atoms with van der Waals surface area (Å²) in [6.45, 7) is 17.4. The summed E-state index contributed by atoms with van der Waals surface area (Å²) in [7, 11) is 0. The molecule has 16 aromatic rings. The lowest BCUT2D eigenvalue weighted by atomic mass is 9.67. The van der Waals surface area contributed by atoms with Gasteiger partial charge < -0.3 is 19.3 Å². The molecule has 582 valence electrons. The molecule has 0 radical (unpaired) electrons. The fourth-order valence-electron chi connectivity index (χ4n) is 19.2. The smallest absolute Gasteiger partial charge is 0.127 e. The molecule has 16 aromatic carbocycles. The zero-order chi connectivity index (χ0) is 80.8. The van der Waals surface area contributed by atoms with Crippen molar-refractivity contribution in [3.05, 3.63) is 443 Å². The van der Waals surface area contributed by atoms with Gasteiger partial charge in [-0.05, 0) is 279 Å². The molecule has 0 saturated heterocycles. The number of ether oxygens (including phenoxy) is 2. The summed E-state index contributed by atoms with van der Waals surface area (Å²) in [6, 6.07) is 141. The van der Waals surface area contributed by atoms with E-state index in [4.69, 9.17) is 9.47 Å². The van der Waals surface area contributed by atoms with Crippen molar-refractivity contribution >= 4 is 34.1 Å². The number of unbranched alkanes of at least 4 members (excludes halogenated alkanes) is 3. The van der Waals surface area contributed by atoms with Crippen molar-refractivity contribution in [2.24, 2.45) is 0 Å². The highest BCUT2D eigenvalue weighted by atomic mass is 16.5. The molecule has 0 saturated carbocycles. The first-order valence-corrected chi connectivity index (χ1v) is 42.8. The van der Waals surface area contributed by atoms with Crippen LogP contribution >= 0.6 is 0 Å². The molecule has 1 unspecified atom stereocenters. The van der Waals surface area contributed by atoms with Crippen molar-refractivity contribution < 1.29 is 9.47 Å². The lowest BCUT2D eigenvalue weighted by molar-refractivity contribution is 0.107. The van der Waals surface area contributed by atoms with Gasteiger partial charge in [-0.25, -0.2) is 0 Å². The number of hydrogen-bond donors (Lipinski definition) is 0. The summed E-state index contributed by atoms with van der Waals surface area (Å²) in [5.41, 5.74) is 37.7. The first-order chi connectivity index (χ1) is 58.3. The standard InChI is InChI=1S/C115H100N2O2/c1-8-10-11-14-23-79-34-50-91(51-35-79)115(92-52-66-100(67-53-92)119-99-64-36-81(37-65-99)77-118-76-80-32-38-82(39-33-80)78(3)9-2)111-72-89(87-44-58-95(59-45-87)116(93-54-40-85(41-55-93)83-24-15-12-16-25-83)97-62-70-103-101-28-19-21-30-107(101)113(4,5)109(103)74-97)48-68-105(111)106-69-49-90(73-112(106)115)88-46-60-96(61-47-88)117(94-56-42-86(43-57-94)84-26-17-13-18-27-84)98-63-71-104-102-29-20-22-31-108(102)114(6,7)110(104)75-98/h12-13,15-22,24-75,78H,8-11,14,23,76-77H2,1-7H3. The Bertz CT molecular complexity index is 6040. The molecule has 0 fully saturated rings. The zero-order valence-corrected chi connectivity index (χ0v) is 69.2. The van der Waals surface area contributed by atoms with E-state index in [-0.39, 0.29) is 10.8 Å². The molecule has 0 amide bonds. The Morgan fingerprint density at radius 3 is 1.04 bits per heavy atom. The minimum absolute atomic E-state index is 0.169. The minimum Gasteiger partial charge on any atom is -0.457 e. The number of hydrogen-bond acceptors (Lipinski definition) is 4. The fourth-order valence-corrected chi connectivity index (χ4v) is 19.2. The van der Waals surface area contributed by atoms with E-state index in [1.54, 1.807) is 0 Å². The van der Waals surface area contributed by atoms with Gasteiger partial charge in [0.2, 0.25) is 0 Å². The van der Waals surface area contributed by atoms with Crippen LogP contribution in [0.5, 0.6) is 11.5 Å². The molecule has 19 rings (SSSR count).